The van der Waals surface area contributed by atoms with Crippen LogP contribution >= 0.6 is 12.4 Å². The van der Waals surface area contributed by atoms with E-state index in [9.17, 15) is 4.79 Å². The molecule has 1 aromatic heterocycles. The van der Waals surface area contributed by atoms with E-state index in [1.54, 1.807) is 4.68 Å². The molecule has 1 aliphatic heterocycles. The van der Waals surface area contributed by atoms with Crippen molar-refractivity contribution in [3.05, 3.63) is 42.6 Å². The summed E-state index contributed by atoms with van der Waals surface area (Å²) in [5.41, 5.74) is 0.976. The Morgan fingerprint density at radius 1 is 1.33 bits per heavy atom. The Bertz CT molecular complexity index is 595. The number of aromatic nitrogens is 2. The monoisotopic (exact) mass is 306 g/mol. The predicted molar refractivity (Wildman–Crippen MR) is 85.0 cm³/mol. The summed E-state index contributed by atoms with van der Waals surface area (Å²) in [7, 11) is 0. The molecule has 0 bridgehead atoms. The molecule has 1 aromatic carbocycles. The Labute approximate surface area is 130 Å². The number of nitrogens with one attached hydrogen (secondary N) is 2. The number of carbonyl (C=O) groups excluding carboxylic acids is 1. The molecule has 0 radical (unpaired) electrons. The molecule has 0 saturated carbocycles. The van der Waals surface area contributed by atoms with Gasteiger partial charge in [0.05, 0.1) is 5.69 Å². The van der Waals surface area contributed by atoms with Crippen molar-refractivity contribution in [2.24, 2.45) is 11.8 Å². The van der Waals surface area contributed by atoms with E-state index in [0.717, 1.165) is 18.8 Å². The predicted octanol–water partition coefficient (Wildman–Crippen LogP) is 2.09. The zero-order valence-corrected chi connectivity index (χ0v) is 12.6. The van der Waals surface area contributed by atoms with Crippen LogP contribution in [-0.4, -0.2) is 28.8 Å². The topological polar surface area (TPSA) is 59.0 Å². The summed E-state index contributed by atoms with van der Waals surface area (Å²) < 4.78 is 1.76. The third-order valence-electron chi connectivity index (χ3n) is 3.79. The minimum absolute atomic E-state index is 0. The summed E-state index contributed by atoms with van der Waals surface area (Å²) in [6.45, 7) is 3.81. The molecule has 0 aliphatic carbocycles. The van der Waals surface area contributed by atoms with Gasteiger partial charge in [0, 0.05) is 18.2 Å². The average molecular weight is 307 g/mol. The van der Waals surface area contributed by atoms with Crippen molar-refractivity contribution in [3.8, 4) is 5.69 Å². The van der Waals surface area contributed by atoms with Crippen LogP contribution in [0.2, 0.25) is 0 Å². The first-order valence-corrected chi connectivity index (χ1v) is 6.87. The average Bonchev–Trinajstić information content (AvgIpc) is 2.86. The minimum Gasteiger partial charge on any atom is -0.316 e. The molecule has 1 aliphatic rings. The Kier molecular flexibility index (Phi) is 4.98. The van der Waals surface area contributed by atoms with Crippen molar-refractivity contribution in [1.29, 1.82) is 0 Å². The molecule has 112 valence electrons. The van der Waals surface area contributed by atoms with E-state index in [1.165, 1.54) is 0 Å². The lowest BCUT2D eigenvalue weighted by Crippen LogP contribution is -2.48. The number of nitrogens with zero attached hydrogens (tertiary/aromatic N) is 2. The number of hydrogen-bond acceptors (Lipinski definition) is 3. The maximum absolute atomic E-state index is 12.1. The van der Waals surface area contributed by atoms with Crippen LogP contribution in [0.25, 0.3) is 5.69 Å². The molecular formula is C15H19ClN4O. The van der Waals surface area contributed by atoms with Gasteiger partial charge < -0.3 is 10.6 Å². The van der Waals surface area contributed by atoms with E-state index in [1.807, 2.05) is 49.5 Å². The molecule has 2 aromatic rings. The molecule has 2 heterocycles. The second-order valence-electron chi connectivity index (χ2n) is 5.18. The standard InChI is InChI=1S/C15H18N4O.ClH/c1-11(12-9-16-10-12)15(20)17-14-7-8-19(18-14)13-5-3-2-4-6-13;/h2-8,11-12,16H,9-10H2,1H3,(H,17,18,20);1H. The number of benzene rings is 1. The third-order valence-corrected chi connectivity index (χ3v) is 3.79. The van der Waals surface area contributed by atoms with Crippen LogP contribution in [0.4, 0.5) is 5.82 Å². The lowest BCUT2D eigenvalue weighted by atomic mass is 9.88. The van der Waals surface area contributed by atoms with Gasteiger partial charge in [-0.05, 0) is 31.1 Å². The molecule has 0 spiro atoms. The number of rotatable bonds is 4. The lowest BCUT2D eigenvalue weighted by molar-refractivity contribution is -0.121. The Morgan fingerprint density at radius 2 is 2.05 bits per heavy atom. The Hall–Kier alpha value is -1.85. The first kappa shape index (κ1) is 15.5. The summed E-state index contributed by atoms with van der Waals surface area (Å²) in [4.78, 5) is 12.1. The van der Waals surface area contributed by atoms with Crippen LogP contribution < -0.4 is 10.6 Å². The number of amides is 1. The van der Waals surface area contributed by atoms with Gasteiger partial charge in [0.1, 0.15) is 0 Å². The maximum atomic E-state index is 12.1. The zero-order valence-electron chi connectivity index (χ0n) is 11.8. The highest BCUT2D eigenvalue weighted by atomic mass is 35.5. The summed E-state index contributed by atoms with van der Waals surface area (Å²) in [5, 5.41) is 10.4. The molecule has 2 N–H and O–H groups in total. The lowest BCUT2D eigenvalue weighted by Gasteiger charge is -2.31. The van der Waals surface area contributed by atoms with E-state index in [2.05, 4.69) is 15.7 Å². The summed E-state index contributed by atoms with van der Waals surface area (Å²) in [6, 6.07) is 11.6. The number of anilines is 1. The molecule has 3 rings (SSSR count). The molecule has 5 nitrogen and oxygen atoms in total. The van der Waals surface area contributed by atoms with E-state index < -0.39 is 0 Å². The summed E-state index contributed by atoms with van der Waals surface area (Å²) >= 11 is 0. The molecule has 1 fully saturated rings. The van der Waals surface area contributed by atoms with Crippen LogP contribution in [0, 0.1) is 11.8 Å². The first-order chi connectivity index (χ1) is 9.74. The van der Waals surface area contributed by atoms with Crippen LogP contribution in [0.15, 0.2) is 42.6 Å². The second-order valence-corrected chi connectivity index (χ2v) is 5.18. The van der Waals surface area contributed by atoms with Gasteiger partial charge in [-0.1, -0.05) is 25.1 Å². The second kappa shape index (κ2) is 6.74. The van der Waals surface area contributed by atoms with E-state index in [-0.39, 0.29) is 24.2 Å². The highest BCUT2D eigenvalue weighted by Gasteiger charge is 2.28. The van der Waals surface area contributed by atoms with Crippen molar-refractivity contribution < 1.29 is 4.79 Å². The van der Waals surface area contributed by atoms with Crippen molar-refractivity contribution in [2.45, 2.75) is 6.92 Å². The largest absolute Gasteiger partial charge is 0.316 e. The van der Waals surface area contributed by atoms with E-state index >= 15 is 0 Å². The van der Waals surface area contributed by atoms with Gasteiger partial charge >= 0.3 is 0 Å². The normalized spacial score (nSPS) is 15.7. The quantitative estimate of drug-likeness (QED) is 0.909. The molecule has 1 atom stereocenters. The summed E-state index contributed by atoms with van der Waals surface area (Å²) in [5.74, 6) is 1.08. The van der Waals surface area contributed by atoms with Gasteiger partial charge in [-0.25, -0.2) is 4.68 Å². The van der Waals surface area contributed by atoms with Crippen LogP contribution in [0.5, 0.6) is 0 Å². The highest BCUT2D eigenvalue weighted by molar-refractivity contribution is 5.91. The van der Waals surface area contributed by atoms with Crippen molar-refractivity contribution in [3.63, 3.8) is 0 Å². The van der Waals surface area contributed by atoms with Crippen LogP contribution in [-0.2, 0) is 4.79 Å². The first-order valence-electron chi connectivity index (χ1n) is 6.87. The van der Waals surface area contributed by atoms with Crippen molar-refractivity contribution >= 4 is 24.1 Å². The van der Waals surface area contributed by atoms with Crippen molar-refractivity contribution in [1.82, 2.24) is 15.1 Å². The van der Waals surface area contributed by atoms with Crippen LogP contribution in [0.1, 0.15) is 6.92 Å². The highest BCUT2D eigenvalue weighted by Crippen LogP contribution is 2.18. The van der Waals surface area contributed by atoms with Gasteiger partial charge in [-0.15, -0.1) is 12.4 Å². The Balaban J connectivity index is 0.00000161. The molecular weight excluding hydrogens is 288 g/mol. The molecule has 1 saturated heterocycles. The van der Waals surface area contributed by atoms with Crippen LogP contribution in [0.3, 0.4) is 0 Å². The molecule has 1 amide bonds. The minimum atomic E-state index is 0. The number of carbonyl (C=O) groups is 1. The van der Waals surface area contributed by atoms with Gasteiger partial charge in [0.15, 0.2) is 5.82 Å². The fourth-order valence-electron chi connectivity index (χ4n) is 2.23. The smallest absolute Gasteiger partial charge is 0.228 e. The van der Waals surface area contributed by atoms with Gasteiger partial charge in [0.2, 0.25) is 5.91 Å². The molecule has 1 unspecified atom stereocenters. The Morgan fingerprint density at radius 3 is 2.67 bits per heavy atom. The van der Waals surface area contributed by atoms with Gasteiger partial charge in [-0.3, -0.25) is 4.79 Å². The van der Waals surface area contributed by atoms with E-state index in [0.29, 0.717) is 11.7 Å². The maximum Gasteiger partial charge on any atom is 0.228 e. The van der Waals surface area contributed by atoms with E-state index in [4.69, 9.17) is 0 Å². The fraction of sp³-hybridized carbons (Fsp3) is 0.333. The third kappa shape index (κ3) is 3.43. The number of halogens is 1. The molecule has 6 heteroatoms. The zero-order chi connectivity index (χ0) is 13.9. The number of hydrogen-bond donors (Lipinski definition) is 2. The summed E-state index contributed by atoms with van der Waals surface area (Å²) in [6.07, 6.45) is 1.85. The number of para-hydroxylation sites is 1. The van der Waals surface area contributed by atoms with Gasteiger partial charge in [-0.2, -0.15) is 5.10 Å². The van der Waals surface area contributed by atoms with Gasteiger partial charge in [0.25, 0.3) is 0 Å². The SMILES string of the molecule is CC(C(=O)Nc1ccn(-c2ccccc2)n1)C1CNC1.Cl. The molecule has 21 heavy (non-hydrogen) atoms. The fourth-order valence-corrected chi connectivity index (χ4v) is 2.23. The van der Waals surface area contributed by atoms with Crippen molar-refractivity contribution in [2.75, 3.05) is 18.4 Å².